The van der Waals surface area contributed by atoms with Crippen LogP contribution in [-0.4, -0.2) is 40.8 Å². The van der Waals surface area contributed by atoms with Crippen molar-refractivity contribution in [2.45, 2.75) is 6.54 Å². The van der Waals surface area contributed by atoms with Crippen molar-refractivity contribution in [3.63, 3.8) is 0 Å². The quantitative estimate of drug-likeness (QED) is 0.242. The number of thioether (sulfide) groups is 1. The predicted molar refractivity (Wildman–Crippen MR) is 94.3 cm³/mol. The Labute approximate surface area is 136 Å². The molecule has 2 N–H and O–H groups in total. The van der Waals surface area contributed by atoms with Crippen LogP contribution in [0, 0.1) is 0 Å². The van der Waals surface area contributed by atoms with Crippen molar-refractivity contribution in [3.05, 3.63) is 30.6 Å². The van der Waals surface area contributed by atoms with Gasteiger partial charge >= 0.3 is 0 Å². The molecule has 1 aromatic heterocycles. The third kappa shape index (κ3) is 7.46. The highest BCUT2D eigenvalue weighted by atomic mass is 127. The van der Waals surface area contributed by atoms with Crippen LogP contribution in [0.15, 0.2) is 29.9 Å². The zero-order valence-electron chi connectivity index (χ0n) is 11.4. The first-order chi connectivity index (χ1) is 8.77. The number of aromatic nitrogens is 2. The van der Waals surface area contributed by atoms with E-state index in [0.717, 1.165) is 36.2 Å². The lowest BCUT2D eigenvalue weighted by molar-refractivity contribution is 0.686. The molecule has 0 bridgehead atoms. The first kappa shape index (κ1) is 18.3. The number of nitrogens with zero attached hydrogens (tertiary/aromatic N) is 3. The van der Waals surface area contributed by atoms with Crippen LogP contribution < -0.4 is 10.6 Å². The van der Waals surface area contributed by atoms with E-state index < -0.39 is 0 Å². The minimum atomic E-state index is 0. The molecule has 1 heterocycles. The summed E-state index contributed by atoms with van der Waals surface area (Å²) in [4.78, 5) is 4.17. The Balaban J connectivity index is 0.00000324. The van der Waals surface area contributed by atoms with Gasteiger partial charge in [-0.3, -0.25) is 9.67 Å². The van der Waals surface area contributed by atoms with Crippen LogP contribution in [-0.2, 0) is 13.6 Å². The highest BCUT2D eigenvalue weighted by Gasteiger charge is 2.00. The van der Waals surface area contributed by atoms with E-state index >= 15 is 0 Å². The monoisotopic (exact) mass is 395 g/mol. The second-order valence-electron chi connectivity index (χ2n) is 3.66. The van der Waals surface area contributed by atoms with Crippen LogP contribution in [0.4, 0.5) is 0 Å². The zero-order chi connectivity index (χ0) is 13.2. The molecule has 0 radical (unpaired) electrons. The lowest BCUT2D eigenvalue weighted by atomic mass is 10.4. The summed E-state index contributed by atoms with van der Waals surface area (Å²) in [6.07, 6.45) is 3.71. The van der Waals surface area contributed by atoms with Gasteiger partial charge in [0.1, 0.15) is 0 Å². The van der Waals surface area contributed by atoms with Gasteiger partial charge in [0, 0.05) is 38.3 Å². The maximum atomic E-state index is 4.17. The third-order valence-corrected chi connectivity index (χ3v) is 3.32. The van der Waals surface area contributed by atoms with Crippen LogP contribution in [0.5, 0.6) is 0 Å². The maximum Gasteiger partial charge on any atom is 0.191 e. The molecule has 0 aliphatic carbocycles. The van der Waals surface area contributed by atoms with Gasteiger partial charge in [-0.05, 0) is 6.07 Å². The van der Waals surface area contributed by atoms with Gasteiger partial charge in [-0.2, -0.15) is 16.9 Å². The molecule has 0 fully saturated rings. The van der Waals surface area contributed by atoms with E-state index in [1.807, 2.05) is 35.6 Å². The van der Waals surface area contributed by atoms with Crippen molar-refractivity contribution in [1.29, 1.82) is 0 Å². The molecular formula is C12H22IN5S. The van der Waals surface area contributed by atoms with Gasteiger partial charge in [0.05, 0.1) is 12.2 Å². The Morgan fingerprint density at radius 2 is 2.37 bits per heavy atom. The second kappa shape index (κ2) is 11.2. The lowest BCUT2D eigenvalue weighted by Crippen LogP contribution is -2.38. The third-order valence-electron chi connectivity index (χ3n) is 2.36. The summed E-state index contributed by atoms with van der Waals surface area (Å²) < 4.78 is 1.85. The number of guanidine groups is 1. The Morgan fingerprint density at radius 3 is 2.95 bits per heavy atom. The van der Waals surface area contributed by atoms with Gasteiger partial charge in [0.2, 0.25) is 0 Å². The highest BCUT2D eigenvalue weighted by Crippen LogP contribution is 1.97. The van der Waals surface area contributed by atoms with E-state index in [1.165, 1.54) is 0 Å². The number of halogens is 1. The standard InChI is InChI=1S/C12H21N5S.HI/c1-4-8-18-9-7-14-12(13-2)15-10-11-5-6-16-17(11)3;/h4-6H,1,7-10H2,2-3H3,(H2,13,14,15);1H. The van der Waals surface area contributed by atoms with E-state index in [4.69, 9.17) is 0 Å². The fourth-order valence-corrected chi connectivity index (χ4v) is 1.96. The number of hydrogen-bond donors (Lipinski definition) is 2. The first-order valence-electron chi connectivity index (χ1n) is 5.88. The molecule has 0 saturated heterocycles. The Bertz CT molecular complexity index is 391. The molecule has 0 saturated carbocycles. The molecule has 0 atom stereocenters. The molecule has 0 aromatic carbocycles. The van der Waals surface area contributed by atoms with Gasteiger partial charge in [-0.1, -0.05) is 6.08 Å². The molecule has 0 unspecified atom stereocenters. The molecule has 108 valence electrons. The SMILES string of the molecule is C=CCSCCNC(=NC)NCc1ccnn1C.I. The van der Waals surface area contributed by atoms with Crippen molar-refractivity contribution in [3.8, 4) is 0 Å². The van der Waals surface area contributed by atoms with Crippen LogP contribution >= 0.6 is 35.7 Å². The van der Waals surface area contributed by atoms with Gasteiger partial charge < -0.3 is 10.6 Å². The first-order valence-corrected chi connectivity index (χ1v) is 7.03. The van der Waals surface area contributed by atoms with E-state index in [2.05, 4.69) is 27.3 Å². The largest absolute Gasteiger partial charge is 0.356 e. The smallest absolute Gasteiger partial charge is 0.191 e. The fraction of sp³-hybridized carbons (Fsp3) is 0.500. The van der Waals surface area contributed by atoms with E-state index in [9.17, 15) is 0 Å². The van der Waals surface area contributed by atoms with Gasteiger partial charge in [0.25, 0.3) is 0 Å². The summed E-state index contributed by atoms with van der Waals surface area (Å²) >= 11 is 1.85. The summed E-state index contributed by atoms with van der Waals surface area (Å²) in [6, 6.07) is 1.99. The number of aliphatic imine (C=N–C) groups is 1. The average Bonchev–Trinajstić information content (AvgIpc) is 2.78. The van der Waals surface area contributed by atoms with Crippen LogP contribution in [0.1, 0.15) is 5.69 Å². The summed E-state index contributed by atoms with van der Waals surface area (Å²) in [7, 11) is 3.70. The predicted octanol–water partition coefficient (Wildman–Crippen LogP) is 1.62. The van der Waals surface area contributed by atoms with E-state index in [1.54, 1.807) is 13.2 Å². The minimum Gasteiger partial charge on any atom is -0.356 e. The van der Waals surface area contributed by atoms with E-state index in [0.29, 0.717) is 0 Å². The number of aryl methyl sites for hydroxylation is 1. The maximum absolute atomic E-state index is 4.17. The van der Waals surface area contributed by atoms with Gasteiger partial charge in [0.15, 0.2) is 5.96 Å². The molecule has 1 rings (SSSR count). The summed E-state index contributed by atoms with van der Waals surface area (Å²) in [5, 5.41) is 10.6. The topological polar surface area (TPSA) is 54.2 Å². The molecule has 1 aromatic rings. The van der Waals surface area contributed by atoms with Crippen molar-refractivity contribution in [1.82, 2.24) is 20.4 Å². The van der Waals surface area contributed by atoms with Crippen LogP contribution in [0.25, 0.3) is 0 Å². The lowest BCUT2D eigenvalue weighted by Gasteiger charge is -2.11. The molecule has 0 aliphatic heterocycles. The molecular weight excluding hydrogens is 373 g/mol. The number of hydrogen-bond acceptors (Lipinski definition) is 3. The molecule has 19 heavy (non-hydrogen) atoms. The molecule has 5 nitrogen and oxygen atoms in total. The zero-order valence-corrected chi connectivity index (χ0v) is 14.6. The molecule has 0 aliphatic rings. The van der Waals surface area contributed by atoms with Gasteiger partial charge in [-0.15, -0.1) is 30.6 Å². The van der Waals surface area contributed by atoms with Gasteiger partial charge in [-0.25, -0.2) is 0 Å². The molecule has 0 spiro atoms. The Morgan fingerprint density at radius 1 is 1.58 bits per heavy atom. The van der Waals surface area contributed by atoms with Crippen molar-refractivity contribution in [2.75, 3.05) is 25.1 Å². The van der Waals surface area contributed by atoms with Crippen LogP contribution in [0.2, 0.25) is 0 Å². The molecule has 0 amide bonds. The second-order valence-corrected chi connectivity index (χ2v) is 4.81. The average molecular weight is 395 g/mol. The molecule has 7 heteroatoms. The number of nitrogens with one attached hydrogen (secondary N) is 2. The highest BCUT2D eigenvalue weighted by molar-refractivity contribution is 14.0. The minimum absolute atomic E-state index is 0. The summed E-state index contributed by atoms with van der Waals surface area (Å²) in [6.45, 7) is 5.30. The number of rotatable bonds is 7. The van der Waals surface area contributed by atoms with E-state index in [-0.39, 0.29) is 24.0 Å². The summed E-state index contributed by atoms with van der Waals surface area (Å²) in [5.74, 6) is 2.84. The Kier molecular flexibility index (Phi) is 10.7. The Hall–Kier alpha value is -0.700. The van der Waals surface area contributed by atoms with Crippen molar-refractivity contribution in [2.24, 2.45) is 12.0 Å². The van der Waals surface area contributed by atoms with Crippen LogP contribution in [0.3, 0.4) is 0 Å². The summed E-state index contributed by atoms with van der Waals surface area (Å²) in [5.41, 5.74) is 1.12. The fourth-order valence-electron chi connectivity index (χ4n) is 1.38. The van der Waals surface area contributed by atoms with Crippen molar-refractivity contribution >= 4 is 41.7 Å². The normalized spacial score (nSPS) is 10.7. The van der Waals surface area contributed by atoms with Crippen molar-refractivity contribution < 1.29 is 0 Å².